The summed E-state index contributed by atoms with van der Waals surface area (Å²) in [5, 5.41) is 8.12. The molecule has 0 aliphatic rings. The standard InChI is InChI=1S/C11H15Cl.CH3NO2/c1-3-5-10-7-6-9(4-2)8-11(10)12;2-1(3)4/h6-8H,3-5H2,1-2H3;2H2,(H,3,4). The van der Waals surface area contributed by atoms with Crippen LogP contribution in [0.1, 0.15) is 31.4 Å². The topological polar surface area (TPSA) is 63.3 Å². The van der Waals surface area contributed by atoms with Crippen molar-refractivity contribution in [2.75, 3.05) is 0 Å². The van der Waals surface area contributed by atoms with E-state index in [4.69, 9.17) is 21.5 Å². The maximum Gasteiger partial charge on any atom is 0.402 e. The Bertz CT molecular complexity index is 336. The van der Waals surface area contributed by atoms with Crippen LogP contribution in [0.4, 0.5) is 4.79 Å². The van der Waals surface area contributed by atoms with Crippen molar-refractivity contribution in [1.82, 2.24) is 0 Å². The fraction of sp³-hybridized carbons (Fsp3) is 0.417. The van der Waals surface area contributed by atoms with E-state index in [1.54, 1.807) is 0 Å². The normalized spacial score (nSPS) is 9.19. The molecule has 0 atom stereocenters. The predicted octanol–water partition coefficient (Wildman–Crippen LogP) is 3.48. The van der Waals surface area contributed by atoms with Gasteiger partial charge in [-0.25, -0.2) is 4.79 Å². The van der Waals surface area contributed by atoms with Gasteiger partial charge in [-0.2, -0.15) is 0 Å². The molecule has 1 aromatic rings. The van der Waals surface area contributed by atoms with Crippen LogP contribution in [0.5, 0.6) is 0 Å². The monoisotopic (exact) mass is 243 g/mol. The molecule has 0 unspecified atom stereocenters. The van der Waals surface area contributed by atoms with E-state index < -0.39 is 6.09 Å². The second kappa shape index (κ2) is 7.99. The molecule has 0 aromatic heterocycles. The summed E-state index contributed by atoms with van der Waals surface area (Å²) in [6.07, 6.45) is 1.97. The van der Waals surface area contributed by atoms with Crippen molar-refractivity contribution in [3.8, 4) is 0 Å². The van der Waals surface area contributed by atoms with Crippen molar-refractivity contribution in [3.05, 3.63) is 34.3 Å². The van der Waals surface area contributed by atoms with E-state index in [2.05, 4.69) is 37.8 Å². The molecular formula is C12H18ClNO2. The Labute approximate surface area is 101 Å². The number of rotatable bonds is 3. The fourth-order valence-electron chi connectivity index (χ4n) is 1.28. The lowest BCUT2D eigenvalue weighted by atomic mass is 10.1. The highest BCUT2D eigenvalue weighted by atomic mass is 35.5. The van der Waals surface area contributed by atoms with Crippen molar-refractivity contribution >= 4 is 17.7 Å². The molecule has 0 bridgehead atoms. The molecule has 90 valence electrons. The van der Waals surface area contributed by atoms with E-state index in [-0.39, 0.29) is 0 Å². The molecule has 3 nitrogen and oxygen atoms in total. The van der Waals surface area contributed by atoms with Gasteiger partial charge in [0.15, 0.2) is 0 Å². The smallest absolute Gasteiger partial charge is 0.402 e. The molecule has 1 aromatic carbocycles. The highest BCUT2D eigenvalue weighted by molar-refractivity contribution is 6.31. The van der Waals surface area contributed by atoms with Gasteiger partial charge in [0.2, 0.25) is 0 Å². The first-order chi connectivity index (χ1) is 7.51. The Morgan fingerprint density at radius 1 is 1.44 bits per heavy atom. The minimum absolute atomic E-state index is 0.927. The maximum absolute atomic E-state index is 8.78. The zero-order valence-corrected chi connectivity index (χ0v) is 10.4. The van der Waals surface area contributed by atoms with Crippen LogP contribution in [-0.4, -0.2) is 11.2 Å². The SMILES string of the molecule is CCCc1ccc(CC)cc1Cl.NC(=O)O. The highest BCUT2D eigenvalue weighted by Crippen LogP contribution is 2.19. The van der Waals surface area contributed by atoms with Gasteiger partial charge in [-0.1, -0.05) is 44.0 Å². The Morgan fingerprint density at radius 3 is 2.38 bits per heavy atom. The second-order valence-corrected chi connectivity index (χ2v) is 3.77. The van der Waals surface area contributed by atoms with Crippen LogP contribution in [0.2, 0.25) is 5.02 Å². The van der Waals surface area contributed by atoms with Crippen LogP contribution in [-0.2, 0) is 12.8 Å². The Kier molecular flexibility index (Phi) is 7.38. The Balaban J connectivity index is 0.000000487. The zero-order chi connectivity index (χ0) is 12.6. The molecule has 16 heavy (non-hydrogen) atoms. The third-order valence-electron chi connectivity index (χ3n) is 2.05. The van der Waals surface area contributed by atoms with E-state index in [9.17, 15) is 0 Å². The number of primary amides is 1. The van der Waals surface area contributed by atoms with E-state index in [0.717, 1.165) is 24.3 Å². The first-order valence-electron chi connectivity index (χ1n) is 5.26. The molecule has 1 rings (SSSR count). The summed E-state index contributed by atoms with van der Waals surface area (Å²) in [5.74, 6) is 0. The summed E-state index contributed by atoms with van der Waals surface area (Å²) in [7, 11) is 0. The van der Waals surface area contributed by atoms with Crippen LogP contribution >= 0.6 is 11.6 Å². The average molecular weight is 244 g/mol. The van der Waals surface area contributed by atoms with Gasteiger partial charge in [-0.3, -0.25) is 0 Å². The molecule has 0 aliphatic carbocycles. The number of hydrogen-bond donors (Lipinski definition) is 2. The van der Waals surface area contributed by atoms with Crippen LogP contribution < -0.4 is 5.73 Å². The lowest BCUT2D eigenvalue weighted by Crippen LogP contribution is -2.03. The summed E-state index contributed by atoms with van der Waals surface area (Å²) >= 11 is 6.09. The minimum atomic E-state index is -1.33. The number of nitrogens with two attached hydrogens (primary N) is 1. The van der Waals surface area contributed by atoms with E-state index in [0.29, 0.717) is 0 Å². The molecular weight excluding hydrogens is 226 g/mol. The van der Waals surface area contributed by atoms with E-state index in [1.807, 2.05) is 0 Å². The maximum atomic E-state index is 8.78. The van der Waals surface area contributed by atoms with Crippen molar-refractivity contribution in [2.45, 2.75) is 33.1 Å². The molecule has 1 amide bonds. The van der Waals surface area contributed by atoms with Gasteiger partial charge in [0.25, 0.3) is 0 Å². The molecule has 0 heterocycles. The van der Waals surface area contributed by atoms with Crippen molar-refractivity contribution in [1.29, 1.82) is 0 Å². The molecule has 4 heteroatoms. The molecule has 0 spiro atoms. The van der Waals surface area contributed by atoms with Gasteiger partial charge >= 0.3 is 6.09 Å². The van der Waals surface area contributed by atoms with E-state index in [1.165, 1.54) is 11.1 Å². The first kappa shape index (κ1) is 14.8. The molecule has 0 aliphatic heterocycles. The van der Waals surface area contributed by atoms with Gasteiger partial charge < -0.3 is 10.8 Å². The van der Waals surface area contributed by atoms with Crippen LogP contribution in [0.25, 0.3) is 0 Å². The molecule has 0 saturated carbocycles. The number of benzene rings is 1. The molecule has 0 fully saturated rings. The van der Waals surface area contributed by atoms with Crippen molar-refractivity contribution < 1.29 is 9.90 Å². The van der Waals surface area contributed by atoms with Gasteiger partial charge in [-0.15, -0.1) is 0 Å². The van der Waals surface area contributed by atoms with Crippen LogP contribution in [0.15, 0.2) is 18.2 Å². The average Bonchev–Trinajstić information content (AvgIpc) is 2.20. The van der Waals surface area contributed by atoms with Crippen LogP contribution in [0.3, 0.4) is 0 Å². The number of halogens is 1. The molecule has 3 N–H and O–H groups in total. The minimum Gasteiger partial charge on any atom is -0.465 e. The van der Waals surface area contributed by atoms with E-state index >= 15 is 0 Å². The largest absolute Gasteiger partial charge is 0.465 e. The summed E-state index contributed by atoms with van der Waals surface area (Å²) in [4.78, 5) is 8.78. The van der Waals surface area contributed by atoms with Crippen molar-refractivity contribution in [3.63, 3.8) is 0 Å². The summed E-state index contributed by atoms with van der Waals surface area (Å²) in [5.41, 5.74) is 6.62. The third kappa shape index (κ3) is 6.30. The number of aryl methyl sites for hydroxylation is 2. The Hall–Kier alpha value is -1.22. The number of hydrogen-bond acceptors (Lipinski definition) is 1. The second-order valence-electron chi connectivity index (χ2n) is 3.37. The Morgan fingerprint density at radius 2 is 2.00 bits per heavy atom. The first-order valence-corrected chi connectivity index (χ1v) is 5.64. The third-order valence-corrected chi connectivity index (χ3v) is 2.40. The quantitative estimate of drug-likeness (QED) is 0.854. The molecule has 0 radical (unpaired) electrons. The lowest BCUT2D eigenvalue weighted by molar-refractivity contribution is 0.205. The summed E-state index contributed by atoms with van der Waals surface area (Å²) in [6.45, 7) is 4.31. The van der Waals surface area contributed by atoms with Gasteiger partial charge in [-0.05, 0) is 30.0 Å². The lowest BCUT2D eigenvalue weighted by Gasteiger charge is -2.03. The number of carboxylic acid groups (broad SMARTS) is 1. The summed E-state index contributed by atoms with van der Waals surface area (Å²) < 4.78 is 0. The van der Waals surface area contributed by atoms with Gasteiger partial charge in [0.05, 0.1) is 0 Å². The predicted molar refractivity (Wildman–Crippen MR) is 67.0 cm³/mol. The number of carbonyl (C=O) groups is 1. The summed E-state index contributed by atoms with van der Waals surface area (Å²) in [6, 6.07) is 6.38. The van der Waals surface area contributed by atoms with Gasteiger partial charge in [0.1, 0.15) is 0 Å². The van der Waals surface area contributed by atoms with Gasteiger partial charge in [0, 0.05) is 5.02 Å². The van der Waals surface area contributed by atoms with Crippen molar-refractivity contribution in [2.24, 2.45) is 5.73 Å². The fourth-order valence-corrected chi connectivity index (χ4v) is 1.58. The van der Waals surface area contributed by atoms with Crippen LogP contribution in [0, 0.1) is 0 Å². The molecule has 0 saturated heterocycles. The number of amides is 1. The zero-order valence-electron chi connectivity index (χ0n) is 9.66. The highest BCUT2D eigenvalue weighted by Gasteiger charge is 1.99.